The van der Waals surface area contributed by atoms with Gasteiger partial charge in [-0.3, -0.25) is 0 Å². The first-order valence-electron chi connectivity index (χ1n) is 7.21. The van der Waals surface area contributed by atoms with Gasteiger partial charge in [0.1, 0.15) is 5.75 Å². The van der Waals surface area contributed by atoms with Gasteiger partial charge in [-0.05, 0) is 50.9 Å². The van der Waals surface area contributed by atoms with Crippen LogP contribution in [0.5, 0.6) is 5.75 Å². The molecule has 106 valence electrons. The molecule has 19 heavy (non-hydrogen) atoms. The molecule has 0 radical (unpaired) electrons. The van der Waals surface area contributed by atoms with Crippen LogP contribution in [-0.2, 0) is 5.60 Å². The van der Waals surface area contributed by atoms with Crippen LogP contribution in [0.2, 0.25) is 0 Å². The van der Waals surface area contributed by atoms with Crippen LogP contribution in [0.1, 0.15) is 38.7 Å². The van der Waals surface area contributed by atoms with Gasteiger partial charge in [-0.2, -0.15) is 0 Å². The van der Waals surface area contributed by atoms with Crippen molar-refractivity contribution in [2.75, 3.05) is 20.2 Å². The maximum atomic E-state index is 10.8. The van der Waals surface area contributed by atoms with E-state index in [9.17, 15) is 5.11 Å². The maximum Gasteiger partial charge on any atom is 0.119 e. The van der Waals surface area contributed by atoms with E-state index in [1.54, 1.807) is 0 Å². The van der Waals surface area contributed by atoms with Gasteiger partial charge in [0.15, 0.2) is 0 Å². The van der Waals surface area contributed by atoms with E-state index in [1.165, 1.54) is 0 Å². The predicted molar refractivity (Wildman–Crippen MR) is 77.5 cm³/mol. The molecule has 0 bridgehead atoms. The monoisotopic (exact) mass is 263 g/mol. The quantitative estimate of drug-likeness (QED) is 0.906. The summed E-state index contributed by atoms with van der Waals surface area (Å²) in [4.78, 5) is 2.30. The minimum atomic E-state index is -0.685. The van der Waals surface area contributed by atoms with Crippen molar-refractivity contribution in [3.05, 3.63) is 29.8 Å². The van der Waals surface area contributed by atoms with Gasteiger partial charge < -0.3 is 14.7 Å². The van der Waals surface area contributed by atoms with Gasteiger partial charge in [0.2, 0.25) is 0 Å². The van der Waals surface area contributed by atoms with Crippen molar-refractivity contribution in [3.8, 4) is 5.75 Å². The summed E-state index contributed by atoms with van der Waals surface area (Å²) in [6, 6.07) is 8.35. The molecule has 0 amide bonds. The van der Waals surface area contributed by atoms with Crippen LogP contribution in [-0.4, -0.2) is 36.2 Å². The number of likely N-dealkylation sites (tertiary alicyclic amines) is 1. The van der Waals surface area contributed by atoms with Crippen LogP contribution in [0.15, 0.2) is 24.3 Å². The summed E-state index contributed by atoms with van der Waals surface area (Å²) in [5, 5.41) is 10.8. The molecule has 1 aliphatic heterocycles. The topological polar surface area (TPSA) is 32.7 Å². The van der Waals surface area contributed by atoms with E-state index in [4.69, 9.17) is 4.74 Å². The van der Waals surface area contributed by atoms with Crippen LogP contribution >= 0.6 is 0 Å². The smallest absolute Gasteiger partial charge is 0.119 e. The highest BCUT2D eigenvalue weighted by Crippen LogP contribution is 2.35. The Bertz CT molecular complexity index is 404. The van der Waals surface area contributed by atoms with Crippen molar-refractivity contribution >= 4 is 0 Å². The Hall–Kier alpha value is -1.06. The summed E-state index contributed by atoms with van der Waals surface area (Å²) >= 11 is 0. The summed E-state index contributed by atoms with van der Waals surface area (Å²) in [6.45, 7) is 5.94. The van der Waals surface area contributed by atoms with E-state index >= 15 is 0 Å². The molecule has 2 atom stereocenters. The lowest BCUT2D eigenvalue weighted by Crippen LogP contribution is -2.45. The molecule has 0 spiro atoms. The average molecular weight is 263 g/mol. The van der Waals surface area contributed by atoms with Gasteiger partial charge >= 0.3 is 0 Å². The molecule has 1 aliphatic rings. The molecule has 3 heteroatoms. The fraction of sp³-hybridized carbons (Fsp3) is 0.625. The molecule has 1 heterocycles. The van der Waals surface area contributed by atoms with Gasteiger partial charge in [0.05, 0.1) is 12.2 Å². The van der Waals surface area contributed by atoms with E-state index in [0.717, 1.165) is 43.7 Å². The summed E-state index contributed by atoms with van der Waals surface area (Å²) in [7, 11) is 2.12. The minimum Gasteiger partial charge on any atom is -0.494 e. The molecule has 0 aliphatic carbocycles. The minimum absolute atomic E-state index is 0.412. The van der Waals surface area contributed by atoms with Gasteiger partial charge in [-0.1, -0.05) is 19.1 Å². The van der Waals surface area contributed by atoms with E-state index in [1.807, 2.05) is 24.3 Å². The van der Waals surface area contributed by atoms with Gasteiger partial charge in [-0.25, -0.2) is 0 Å². The first-order chi connectivity index (χ1) is 9.05. The molecule has 1 saturated heterocycles. The largest absolute Gasteiger partial charge is 0.494 e. The van der Waals surface area contributed by atoms with E-state index < -0.39 is 5.60 Å². The van der Waals surface area contributed by atoms with Gasteiger partial charge in [0, 0.05) is 12.6 Å². The summed E-state index contributed by atoms with van der Waals surface area (Å²) in [6.07, 6.45) is 2.59. The third-order valence-corrected chi connectivity index (χ3v) is 4.13. The zero-order chi connectivity index (χ0) is 13.9. The zero-order valence-electron chi connectivity index (χ0n) is 12.2. The van der Waals surface area contributed by atoms with Crippen LogP contribution in [0.4, 0.5) is 0 Å². The molecule has 3 nitrogen and oxygen atoms in total. The lowest BCUT2D eigenvalue weighted by Gasteiger charge is -2.41. The van der Waals surface area contributed by atoms with Crippen molar-refractivity contribution in [2.24, 2.45) is 0 Å². The second-order valence-electron chi connectivity index (χ2n) is 5.69. The Kier molecular flexibility index (Phi) is 4.48. The van der Waals surface area contributed by atoms with E-state index in [-0.39, 0.29) is 0 Å². The highest BCUT2D eigenvalue weighted by molar-refractivity contribution is 5.31. The summed E-state index contributed by atoms with van der Waals surface area (Å²) < 4.78 is 5.58. The number of benzene rings is 1. The number of rotatable bonds is 4. The standard InChI is InChI=1S/C16H25NO2/c1-4-11-19-15-7-5-14(6-8-15)16(18)9-10-17(3)13(2)12-16/h5-8,13,18H,4,9-12H2,1-3H3. The normalized spacial score (nSPS) is 28.3. The summed E-state index contributed by atoms with van der Waals surface area (Å²) in [5.41, 5.74) is 0.325. The SMILES string of the molecule is CCCOc1ccc(C2(O)CCN(C)C(C)C2)cc1. The fourth-order valence-corrected chi connectivity index (χ4v) is 2.67. The Morgan fingerprint density at radius 3 is 2.63 bits per heavy atom. The number of hydrogen-bond acceptors (Lipinski definition) is 3. The van der Waals surface area contributed by atoms with Crippen molar-refractivity contribution in [3.63, 3.8) is 0 Å². The fourth-order valence-electron chi connectivity index (χ4n) is 2.67. The lowest BCUT2D eigenvalue weighted by molar-refractivity contribution is -0.0408. The van der Waals surface area contributed by atoms with Crippen LogP contribution in [0, 0.1) is 0 Å². The van der Waals surface area contributed by atoms with Crippen molar-refractivity contribution in [1.29, 1.82) is 0 Å². The van der Waals surface area contributed by atoms with Crippen molar-refractivity contribution < 1.29 is 9.84 Å². The number of piperidine rings is 1. The number of aliphatic hydroxyl groups is 1. The predicted octanol–water partition coefficient (Wildman–Crippen LogP) is 2.78. The van der Waals surface area contributed by atoms with Crippen LogP contribution < -0.4 is 4.74 Å². The Morgan fingerprint density at radius 2 is 2.05 bits per heavy atom. The first-order valence-corrected chi connectivity index (χ1v) is 7.21. The Balaban J connectivity index is 2.08. The molecular weight excluding hydrogens is 238 g/mol. The molecule has 1 N–H and O–H groups in total. The number of nitrogens with zero attached hydrogens (tertiary/aromatic N) is 1. The molecular formula is C16H25NO2. The second kappa shape index (κ2) is 5.93. The zero-order valence-corrected chi connectivity index (χ0v) is 12.2. The molecule has 1 aromatic carbocycles. The van der Waals surface area contributed by atoms with Crippen LogP contribution in [0.25, 0.3) is 0 Å². The summed E-state index contributed by atoms with van der Waals surface area (Å²) in [5.74, 6) is 0.884. The molecule has 2 unspecified atom stereocenters. The molecule has 1 aromatic rings. The number of hydrogen-bond donors (Lipinski definition) is 1. The number of ether oxygens (including phenoxy) is 1. The molecule has 1 fully saturated rings. The van der Waals surface area contributed by atoms with Gasteiger partial charge in [0.25, 0.3) is 0 Å². The average Bonchev–Trinajstić information content (AvgIpc) is 2.42. The van der Waals surface area contributed by atoms with Crippen molar-refractivity contribution in [2.45, 2.75) is 44.8 Å². The van der Waals surface area contributed by atoms with Gasteiger partial charge in [-0.15, -0.1) is 0 Å². The van der Waals surface area contributed by atoms with E-state index in [2.05, 4.69) is 25.8 Å². The lowest BCUT2D eigenvalue weighted by atomic mass is 9.81. The third kappa shape index (κ3) is 3.28. The molecule has 0 saturated carbocycles. The molecule has 2 rings (SSSR count). The highest BCUT2D eigenvalue weighted by atomic mass is 16.5. The van der Waals surface area contributed by atoms with Crippen LogP contribution in [0.3, 0.4) is 0 Å². The Morgan fingerprint density at radius 1 is 1.37 bits per heavy atom. The van der Waals surface area contributed by atoms with Crippen molar-refractivity contribution in [1.82, 2.24) is 4.90 Å². The first kappa shape index (κ1) is 14.4. The second-order valence-corrected chi connectivity index (χ2v) is 5.69. The highest BCUT2D eigenvalue weighted by Gasteiger charge is 2.36. The molecule has 0 aromatic heterocycles. The third-order valence-electron chi connectivity index (χ3n) is 4.13. The van der Waals surface area contributed by atoms with E-state index in [0.29, 0.717) is 6.04 Å². The Labute approximate surface area is 116 Å². The maximum absolute atomic E-state index is 10.8.